The fraction of sp³-hybridized carbons (Fsp3) is 0.133. The number of aliphatic hydroxyl groups is 1. The number of nitriles is 1. The summed E-state index contributed by atoms with van der Waals surface area (Å²) in [6.07, 6.45) is 0.562. The Morgan fingerprint density at radius 2 is 1.78 bits per heavy atom. The third-order valence-corrected chi connectivity index (χ3v) is 2.56. The molecule has 0 atom stereocenters. The highest BCUT2D eigenvalue weighted by Crippen LogP contribution is 2.25. The van der Waals surface area contributed by atoms with Gasteiger partial charge in [0.2, 0.25) is 0 Å². The molecule has 1 N–H and O–H groups in total. The number of rotatable bonds is 4. The molecule has 0 saturated heterocycles. The first-order valence-corrected chi connectivity index (χ1v) is 5.70. The summed E-state index contributed by atoms with van der Waals surface area (Å²) in [5, 5.41) is 17.7. The molecule has 0 aliphatic carbocycles. The van der Waals surface area contributed by atoms with E-state index in [1.54, 1.807) is 24.3 Å². The SMILES string of the molecule is N#Cc1ccc(Oc2ccccc2CCO)cc1. The second-order valence-electron chi connectivity index (χ2n) is 3.82. The topological polar surface area (TPSA) is 53.2 Å². The van der Waals surface area contributed by atoms with Crippen LogP contribution in [0.25, 0.3) is 0 Å². The van der Waals surface area contributed by atoms with Gasteiger partial charge in [-0.05, 0) is 42.3 Å². The molecule has 0 amide bonds. The van der Waals surface area contributed by atoms with Crippen LogP contribution in [0.5, 0.6) is 11.5 Å². The monoisotopic (exact) mass is 239 g/mol. The van der Waals surface area contributed by atoms with Crippen LogP contribution >= 0.6 is 0 Å². The predicted octanol–water partition coefficient (Wildman–Crippen LogP) is 2.89. The number of hydrogen-bond acceptors (Lipinski definition) is 3. The van der Waals surface area contributed by atoms with E-state index in [9.17, 15) is 0 Å². The molecule has 0 unspecified atom stereocenters. The van der Waals surface area contributed by atoms with Gasteiger partial charge in [-0.1, -0.05) is 18.2 Å². The highest BCUT2D eigenvalue weighted by molar-refractivity contribution is 5.40. The molecular weight excluding hydrogens is 226 g/mol. The normalized spacial score (nSPS) is 9.78. The third-order valence-electron chi connectivity index (χ3n) is 2.56. The lowest BCUT2D eigenvalue weighted by molar-refractivity contribution is 0.298. The number of ether oxygens (including phenoxy) is 1. The molecule has 2 aromatic rings. The molecule has 3 heteroatoms. The Hall–Kier alpha value is -2.31. The zero-order valence-electron chi connectivity index (χ0n) is 9.84. The maximum Gasteiger partial charge on any atom is 0.130 e. The Labute approximate surface area is 106 Å². The zero-order valence-corrected chi connectivity index (χ0v) is 9.84. The summed E-state index contributed by atoms with van der Waals surface area (Å²) in [4.78, 5) is 0. The first kappa shape index (κ1) is 12.2. The van der Waals surface area contributed by atoms with E-state index in [0.717, 1.165) is 11.3 Å². The van der Waals surface area contributed by atoms with Gasteiger partial charge in [0.05, 0.1) is 11.6 Å². The minimum Gasteiger partial charge on any atom is -0.457 e. The molecule has 18 heavy (non-hydrogen) atoms. The van der Waals surface area contributed by atoms with E-state index >= 15 is 0 Å². The molecule has 0 aliphatic heterocycles. The lowest BCUT2D eigenvalue weighted by atomic mass is 10.1. The van der Waals surface area contributed by atoms with Crippen LogP contribution in [-0.4, -0.2) is 11.7 Å². The summed E-state index contributed by atoms with van der Waals surface area (Å²) in [5.74, 6) is 1.41. The maximum absolute atomic E-state index is 8.99. The molecule has 0 fully saturated rings. The molecule has 2 aromatic carbocycles. The van der Waals surface area contributed by atoms with Crippen LogP contribution in [0.2, 0.25) is 0 Å². The Morgan fingerprint density at radius 1 is 1.06 bits per heavy atom. The summed E-state index contributed by atoms with van der Waals surface area (Å²) in [7, 11) is 0. The van der Waals surface area contributed by atoms with Gasteiger partial charge in [-0.25, -0.2) is 0 Å². The van der Waals surface area contributed by atoms with Crippen LogP contribution in [0.1, 0.15) is 11.1 Å². The highest BCUT2D eigenvalue weighted by atomic mass is 16.5. The first-order chi connectivity index (χ1) is 8.83. The van der Waals surface area contributed by atoms with Crippen molar-refractivity contribution >= 4 is 0 Å². The summed E-state index contributed by atoms with van der Waals surface area (Å²) in [6, 6.07) is 16.6. The molecule has 0 spiro atoms. The first-order valence-electron chi connectivity index (χ1n) is 5.70. The third kappa shape index (κ3) is 2.88. The summed E-state index contributed by atoms with van der Waals surface area (Å²) in [5.41, 5.74) is 1.57. The molecule has 0 saturated carbocycles. The molecule has 3 nitrogen and oxygen atoms in total. The molecule has 2 rings (SSSR count). The summed E-state index contributed by atoms with van der Waals surface area (Å²) < 4.78 is 5.74. The Bertz CT molecular complexity index is 555. The fourth-order valence-electron chi connectivity index (χ4n) is 1.65. The van der Waals surface area contributed by atoms with Crippen molar-refractivity contribution in [3.8, 4) is 17.6 Å². The average Bonchev–Trinajstić information content (AvgIpc) is 2.42. The summed E-state index contributed by atoms with van der Waals surface area (Å²) in [6.45, 7) is 0.0910. The van der Waals surface area contributed by atoms with Gasteiger partial charge >= 0.3 is 0 Å². The van der Waals surface area contributed by atoms with E-state index in [2.05, 4.69) is 6.07 Å². The number of aliphatic hydroxyl groups excluding tert-OH is 1. The van der Waals surface area contributed by atoms with Gasteiger partial charge in [0.1, 0.15) is 11.5 Å². The molecule has 90 valence electrons. The van der Waals surface area contributed by atoms with Crippen LogP contribution in [0.15, 0.2) is 48.5 Å². The van der Waals surface area contributed by atoms with Crippen LogP contribution < -0.4 is 4.74 Å². The number of para-hydroxylation sites is 1. The van der Waals surface area contributed by atoms with Crippen molar-refractivity contribution in [3.63, 3.8) is 0 Å². The largest absolute Gasteiger partial charge is 0.457 e. The van der Waals surface area contributed by atoms with Crippen LogP contribution in [-0.2, 0) is 6.42 Å². The second kappa shape index (κ2) is 5.85. The number of hydrogen-bond donors (Lipinski definition) is 1. The Kier molecular flexibility index (Phi) is 3.95. The van der Waals surface area contributed by atoms with Crippen molar-refractivity contribution in [2.75, 3.05) is 6.61 Å². The number of benzene rings is 2. The van der Waals surface area contributed by atoms with E-state index in [4.69, 9.17) is 15.1 Å². The summed E-state index contributed by atoms with van der Waals surface area (Å²) >= 11 is 0. The van der Waals surface area contributed by atoms with Crippen LogP contribution in [0, 0.1) is 11.3 Å². The van der Waals surface area contributed by atoms with Gasteiger partial charge in [-0.3, -0.25) is 0 Å². The predicted molar refractivity (Wildman–Crippen MR) is 68.5 cm³/mol. The van der Waals surface area contributed by atoms with Crippen LogP contribution in [0.3, 0.4) is 0 Å². The highest BCUT2D eigenvalue weighted by Gasteiger charge is 2.03. The van der Waals surface area contributed by atoms with E-state index in [1.807, 2.05) is 24.3 Å². The smallest absolute Gasteiger partial charge is 0.130 e. The number of nitrogens with zero attached hydrogens (tertiary/aromatic N) is 1. The van der Waals surface area contributed by atoms with Gasteiger partial charge in [0.25, 0.3) is 0 Å². The maximum atomic E-state index is 8.99. The molecule has 0 heterocycles. The minimum atomic E-state index is 0.0910. The standard InChI is InChI=1S/C15H13NO2/c16-11-12-5-7-14(8-6-12)18-15-4-2-1-3-13(15)9-10-17/h1-8,17H,9-10H2. The van der Waals surface area contributed by atoms with Gasteiger partial charge < -0.3 is 9.84 Å². The van der Waals surface area contributed by atoms with E-state index in [0.29, 0.717) is 17.7 Å². The quantitative estimate of drug-likeness (QED) is 0.892. The van der Waals surface area contributed by atoms with Crippen molar-refractivity contribution in [1.82, 2.24) is 0 Å². The van der Waals surface area contributed by atoms with Crippen molar-refractivity contribution in [2.24, 2.45) is 0 Å². The van der Waals surface area contributed by atoms with Crippen LogP contribution in [0.4, 0.5) is 0 Å². The van der Waals surface area contributed by atoms with E-state index in [1.165, 1.54) is 0 Å². The molecule has 0 radical (unpaired) electrons. The van der Waals surface area contributed by atoms with E-state index in [-0.39, 0.29) is 6.61 Å². The van der Waals surface area contributed by atoms with Crippen molar-refractivity contribution < 1.29 is 9.84 Å². The average molecular weight is 239 g/mol. The Morgan fingerprint density at radius 3 is 2.44 bits per heavy atom. The fourth-order valence-corrected chi connectivity index (χ4v) is 1.65. The van der Waals surface area contributed by atoms with Gasteiger partial charge in [-0.2, -0.15) is 5.26 Å². The molecule has 0 aliphatic rings. The Balaban J connectivity index is 2.20. The molecular formula is C15H13NO2. The molecule has 0 bridgehead atoms. The van der Waals surface area contributed by atoms with Gasteiger partial charge in [0, 0.05) is 6.61 Å². The van der Waals surface area contributed by atoms with E-state index < -0.39 is 0 Å². The van der Waals surface area contributed by atoms with Gasteiger partial charge in [-0.15, -0.1) is 0 Å². The lowest BCUT2D eigenvalue weighted by Gasteiger charge is -2.10. The zero-order chi connectivity index (χ0) is 12.8. The van der Waals surface area contributed by atoms with Crippen molar-refractivity contribution in [2.45, 2.75) is 6.42 Å². The van der Waals surface area contributed by atoms with Crippen molar-refractivity contribution in [3.05, 3.63) is 59.7 Å². The minimum absolute atomic E-state index is 0.0910. The second-order valence-corrected chi connectivity index (χ2v) is 3.82. The van der Waals surface area contributed by atoms with Crippen molar-refractivity contribution in [1.29, 1.82) is 5.26 Å². The lowest BCUT2D eigenvalue weighted by Crippen LogP contribution is -1.95. The molecule has 0 aromatic heterocycles. The van der Waals surface area contributed by atoms with Gasteiger partial charge in [0.15, 0.2) is 0 Å².